The third-order valence-electron chi connectivity index (χ3n) is 4.23. The number of hydrogen-bond donors (Lipinski definition) is 2. The molecule has 1 aromatic rings. The Morgan fingerprint density at radius 2 is 2.04 bits per heavy atom. The fourth-order valence-electron chi connectivity index (χ4n) is 3.16. The zero-order chi connectivity index (χ0) is 16.7. The number of carboxylic acids is 1. The Kier molecular flexibility index (Phi) is 6.42. The van der Waals surface area contributed by atoms with E-state index in [1.807, 2.05) is 24.3 Å². The molecule has 0 radical (unpaired) electrons. The molecule has 1 saturated carbocycles. The first-order valence-corrected chi connectivity index (χ1v) is 8.22. The molecular formula is C17H22ClNO4. The lowest BCUT2D eigenvalue weighted by molar-refractivity contribution is -0.142. The van der Waals surface area contributed by atoms with Crippen molar-refractivity contribution in [1.29, 1.82) is 0 Å². The number of ether oxygens (including phenoxy) is 1. The molecular weight excluding hydrogens is 318 g/mol. The molecule has 0 bridgehead atoms. The van der Waals surface area contributed by atoms with Gasteiger partial charge in [0.15, 0.2) is 0 Å². The summed E-state index contributed by atoms with van der Waals surface area (Å²) in [6.45, 7) is 0.179. The van der Waals surface area contributed by atoms with Crippen LogP contribution in [0.5, 0.6) is 0 Å². The van der Waals surface area contributed by atoms with Gasteiger partial charge in [0.2, 0.25) is 5.91 Å². The number of hydrogen-bond acceptors (Lipinski definition) is 3. The van der Waals surface area contributed by atoms with Crippen molar-refractivity contribution in [3.05, 3.63) is 34.9 Å². The highest BCUT2D eigenvalue weighted by molar-refractivity contribution is 6.30. The number of carbonyl (C=O) groups excluding carboxylic acids is 1. The van der Waals surface area contributed by atoms with Crippen molar-refractivity contribution in [1.82, 2.24) is 5.32 Å². The van der Waals surface area contributed by atoms with Crippen molar-refractivity contribution in [2.75, 3.05) is 19.8 Å². The first kappa shape index (κ1) is 17.8. The maximum atomic E-state index is 12.6. The van der Waals surface area contributed by atoms with E-state index in [1.165, 1.54) is 0 Å². The van der Waals surface area contributed by atoms with Crippen molar-refractivity contribution in [2.45, 2.75) is 32.1 Å². The maximum absolute atomic E-state index is 12.6. The van der Waals surface area contributed by atoms with Crippen molar-refractivity contribution in [2.24, 2.45) is 5.41 Å². The van der Waals surface area contributed by atoms with Gasteiger partial charge in [-0.1, -0.05) is 36.6 Å². The largest absolute Gasteiger partial charge is 0.480 e. The molecule has 0 spiro atoms. The second-order valence-corrected chi connectivity index (χ2v) is 6.43. The van der Waals surface area contributed by atoms with E-state index in [1.54, 1.807) is 0 Å². The Morgan fingerprint density at radius 3 is 2.70 bits per heavy atom. The molecule has 1 aromatic carbocycles. The predicted molar refractivity (Wildman–Crippen MR) is 87.5 cm³/mol. The van der Waals surface area contributed by atoms with Crippen LogP contribution in [0.4, 0.5) is 0 Å². The molecule has 23 heavy (non-hydrogen) atoms. The van der Waals surface area contributed by atoms with Crippen LogP contribution < -0.4 is 5.32 Å². The summed E-state index contributed by atoms with van der Waals surface area (Å²) >= 11 is 6.03. The van der Waals surface area contributed by atoms with Crippen molar-refractivity contribution < 1.29 is 19.4 Å². The lowest BCUT2D eigenvalue weighted by Crippen LogP contribution is -2.42. The van der Waals surface area contributed by atoms with Crippen LogP contribution in [0.15, 0.2) is 24.3 Å². The number of amides is 1. The van der Waals surface area contributed by atoms with E-state index in [-0.39, 0.29) is 19.1 Å². The third kappa shape index (κ3) is 5.22. The van der Waals surface area contributed by atoms with Gasteiger partial charge in [-0.25, -0.2) is 4.79 Å². The Hall–Kier alpha value is -1.59. The van der Waals surface area contributed by atoms with Gasteiger partial charge in [-0.05, 0) is 37.0 Å². The van der Waals surface area contributed by atoms with E-state index in [4.69, 9.17) is 21.4 Å². The highest BCUT2D eigenvalue weighted by Gasteiger charge is 2.40. The average Bonchev–Trinajstić information content (AvgIpc) is 2.96. The molecule has 5 nitrogen and oxygen atoms in total. The van der Waals surface area contributed by atoms with Crippen LogP contribution in [-0.4, -0.2) is 36.7 Å². The number of rotatable bonds is 8. The SMILES string of the molecule is O=C(O)COCCNC(=O)C1(Cc2cccc(Cl)c2)CCCC1. The number of carbonyl (C=O) groups is 2. The van der Waals surface area contributed by atoms with Gasteiger partial charge in [-0.15, -0.1) is 0 Å². The van der Waals surface area contributed by atoms with E-state index in [0.29, 0.717) is 18.0 Å². The van der Waals surface area contributed by atoms with Gasteiger partial charge in [-0.2, -0.15) is 0 Å². The standard InChI is InChI=1S/C17H22ClNO4/c18-14-5-3-4-13(10-14)11-17(6-1-2-7-17)16(22)19-8-9-23-12-15(20)21/h3-5,10H,1-2,6-9,11-12H2,(H,19,22)(H,20,21). The summed E-state index contributed by atoms with van der Waals surface area (Å²) in [6.07, 6.45) is 4.49. The smallest absolute Gasteiger partial charge is 0.329 e. The minimum Gasteiger partial charge on any atom is -0.480 e. The van der Waals surface area contributed by atoms with Crippen LogP contribution in [0.1, 0.15) is 31.2 Å². The molecule has 0 aromatic heterocycles. The highest BCUT2D eigenvalue weighted by Crippen LogP contribution is 2.41. The summed E-state index contributed by atoms with van der Waals surface area (Å²) in [5.41, 5.74) is 0.675. The van der Waals surface area contributed by atoms with Gasteiger partial charge < -0.3 is 15.2 Å². The molecule has 2 rings (SSSR count). The van der Waals surface area contributed by atoms with Gasteiger partial charge in [0, 0.05) is 11.6 Å². The summed E-state index contributed by atoms with van der Waals surface area (Å²) in [6, 6.07) is 7.63. The third-order valence-corrected chi connectivity index (χ3v) is 4.47. The molecule has 1 fully saturated rings. The summed E-state index contributed by atoms with van der Waals surface area (Å²) in [5, 5.41) is 12.1. The summed E-state index contributed by atoms with van der Waals surface area (Å²) in [7, 11) is 0. The molecule has 1 amide bonds. The number of carboxylic acid groups (broad SMARTS) is 1. The van der Waals surface area contributed by atoms with Crippen LogP contribution in [-0.2, 0) is 20.7 Å². The Labute approximate surface area is 141 Å². The Bertz CT molecular complexity index is 555. The average molecular weight is 340 g/mol. The van der Waals surface area contributed by atoms with E-state index >= 15 is 0 Å². The fourth-order valence-corrected chi connectivity index (χ4v) is 3.37. The molecule has 1 aliphatic rings. The lowest BCUT2D eigenvalue weighted by Gasteiger charge is -2.28. The Balaban J connectivity index is 1.91. The number of aliphatic carboxylic acids is 1. The normalized spacial score (nSPS) is 16.2. The molecule has 126 valence electrons. The van der Waals surface area contributed by atoms with Crippen LogP contribution in [0.3, 0.4) is 0 Å². The van der Waals surface area contributed by atoms with Crippen LogP contribution in [0.2, 0.25) is 5.02 Å². The molecule has 2 N–H and O–H groups in total. The monoisotopic (exact) mass is 339 g/mol. The number of halogens is 1. The molecule has 6 heteroatoms. The summed E-state index contributed by atoms with van der Waals surface area (Å²) < 4.78 is 4.94. The minimum absolute atomic E-state index is 0.0221. The van der Waals surface area contributed by atoms with Crippen molar-refractivity contribution in [3.8, 4) is 0 Å². The minimum atomic E-state index is -1.01. The molecule has 0 unspecified atom stereocenters. The van der Waals surface area contributed by atoms with Gasteiger partial charge in [0.25, 0.3) is 0 Å². The first-order valence-electron chi connectivity index (χ1n) is 7.84. The maximum Gasteiger partial charge on any atom is 0.329 e. The van der Waals surface area contributed by atoms with Gasteiger partial charge >= 0.3 is 5.97 Å². The second-order valence-electron chi connectivity index (χ2n) is 6.00. The predicted octanol–water partition coefficient (Wildman–Crippen LogP) is 2.66. The van der Waals surface area contributed by atoms with Gasteiger partial charge in [0.05, 0.1) is 12.0 Å². The second kappa shape index (κ2) is 8.31. The number of benzene rings is 1. The van der Waals surface area contributed by atoms with Crippen molar-refractivity contribution >= 4 is 23.5 Å². The van der Waals surface area contributed by atoms with Gasteiger partial charge in [-0.3, -0.25) is 4.79 Å². The Morgan fingerprint density at radius 1 is 1.30 bits per heavy atom. The van der Waals surface area contributed by atoms with E-state index in [2.05, 4.69) is 5.32 Å². The zero-order valence-electron chi connectivity index (χ0n) is 13.0. The highest BCUT2D eigenvalue weighted by atomic mass is 35.5. The molecule has 1 aliphatic carbocycles. The molecule has 0 saturated heterocycles. The first-order chi connectivity index (χ1) is 11.0. The van der Waals surface area contributed by atoms with Crippen molar-refractivity contribution in [3.63, 3.8) is 0 Å². The van der Waals surface area contributed by atoms with Gasteiger partial charge in [0.1, 0.15) is 6.61 Å². The summed E-state index contributed by atoms with van der Waals surface area (Å²) in [4.78, 5) is 23.0. The van der Waals surface area contributed by atoms with E-state index in [9.17, 15) is 9.59 Å². The summed E-state index contributed by atoms with van der Waals surface area (Å²) in [5.74, 6) is -0.988. The van der Waals surface area contributed by atoms with E-state index in [0.717, 1.165) is 31.2 Å². The van der Waals surface area contributed by atoms with Crippen LogP contribution in [0, 0.1) is 5.41 Å². The molecule has 0 aliphatic heterocycles. The van der Waals surface area contributed by atoms with Crippen LogP contribution in [0.25, 0.3) is 0 Å². The lowest BCUT2D eigenvalue weighted by atomic mass is 9.79. The topological polar surface area (TPSA) is 75.6 Å². The fraction of sp³-hybridized carbons (Fsp3) is 0.529. The van der Waals surface area contributed by atoms with Crippen LogP contribution >= 0.6 is 11.6 Å². The zero-order valence-corrected chi connectivity index (χ0v) is 13.8. The van der Waals surface area contributed by atoms with E-state index < -0.39 is 11.4 Å². The molecule has 0 atom stereocenters. The quantitative estimate of drug-likeness (QED) is 0.714. The molecule has 0 heterocycles. The number of nitrogens with one attached hydrogen (secondary N) is 1.